The van der Waals surface area contributed by atoms with Crippen molar-refractivity contribution in [3.8, 4) is 6.07 Å². The maximum absolute atomic E-state index is 12.1. The summed E-state index contributed by atoms with van der Waals surface area (Å²) in [6.07, 6.45) is 1.26. The zero-order chi connectivity index (χ0) is 15.8. The monoisotopic (exact) mass is 308 g/mol. The maximum atomic E-state index is 12.1. The number of nitrogens with zero attached hydrogens (tertiary/aromatic N) is 3. The van der Waals surface area contributed by atoms with Crippen molar-refractivity contribution < 1.29 is 9.90 Å². The average molecular weight is 308 g/mol. The molecule has 2 heterocycles. The lowest BCUT2D eigenvalue weighted by atomic mass is 9.94. The first-order chi connectivity index (χ1) is 9.76. The fraction of sp³-hybridized carbons (Fsp3) is 0.571. The quantitative estimate of drug-likeness (QED) is 0.857. The fourth-order valence-electron chi connectivity index (χ4n) is 2.32. The van der Waals surface area contributed by atoms with Gasteiger partial charge in [-0.1, -0.05) is 0 Å². The van der Waals surface area contributed by atoms with Gasteiger partial charge in [-0.05, 0) is 19.8 Å². The lowest BCUT2D eigenvalue weighted by Crippen LogP contribution is -2.42. The Kier molecular flexibility index (Phi) is 4.12. The fourth-order valence-corrected chi connectivity index (χ4v) is 3.56. The number of rotatable bonds is 2. The van der Waals surface area contributed by atoms with Crippen LogP contribution in [0.2, 0.25) is 0 Å². The normalized spacial score (nSPS) is 17.4. The third kappa shape index (κ3) is 2.96. The first-order valence-corrected chi connectivity index (χ1v) is 7.60. The van der Waals surface area contributed by atoms with E-state index in [1.807, 2.05) is 11.8 Å². The third-order valence-electron chi connectivity index (χ3n) is 3.77. The molecule has 0 aliphatic carbocycles. The van der Waals surface area contributed by atoms with E-state index in [1.54, 1.807) is 14.1 Å². The van der Waals surface area contributed by atoms with Gasteiger partial charge >= 0.3 is 0 Å². The number of nitrogens with two attached hydrogens (primary N) is 1. The van der Waals surface area contributed by atoms with E-state index in [-0.39, 0.29) is 11.6 Å². The molecule has 0 saturated carbocycles. The molecule has 114 valence electrons. The van der Waals surface area contributed by atoms with Gasteiger partial charge in [-0.2, -0.15) is 5.26 Å². The SMILES string of the molecule is CN(C)C(=O)c1sc(N2CCC(C)(O)CC2)c(C#N)c1N. The number of nitrogen functional groups attached to an aromatic ring is 1. The molecule has 6 nitrogen and oxygen atoms in total. The van der Waals surface area contributed by atoms with E-state index < -0.39 is 5.60 Å². The molecule has 0 radical (unpaired) electrons. The molecular weight excluding hydrogens is 288 g/mol. The predicted molar refractivity (Wildman–Crippen MR) is 83.5 cm³/mol. The molecule has 7 heteroatoms. The van der Waals surface area contributed by atoms with Gasteiger partial charge in [0, 0.05) is 27.2 Å². The van der Waals surface area contributed by atoms with Crippen molar-refractivity contribution >= 4 is 27.9 Å². The third-order valence-corrected chi connectivity index (χ3v) is 5.02. The first kappa shape index (κ1) is 15.6. The molecule has 2 rings (SSSR count). The molecule has 0 atom stereocenters. The van der Waals surface area contributed by atoms with Crippen LogP contribution in [0, 0.1) is 11.3 Å². The van der Waals surface area contributed by atoms with E-state index in [4.69, 9.17) is 5.73 Å². The van der Waals surface area contributed by atoms with Gasteiger partial charge in [-0.3, -0.25) is 4.79 Å². The summed E-state index contributed by atoms with van der Waals surface area (Å²) in [4.78, 5) is 16.0. The average Bonchev–Trinajstić information content (AvgIpc) is 2.74. The summed E-state index contributed by atoms with van der Waals surface area (Å²) >= 11 is 1.26. The van der Waals surface area contributed by atoms with Crippen molar-refractivity contribution in [2.75, 3.05) is 37.8 Å². The standard InChI is InChI=1S/C14H20N4O2S/c1-14(20)4-6-18(7-5-14)13-9(8-15)10(16)11(21-13)12(19)17(2)3/h20H,4-7,16H2,1-3H3. The number of carbonyl (C=O) groups is 1. The molecule has 0 aromatic carbocycles. The zero-order valence-corrected chi connectivity index (χ0v) is 13.3. The number of hydrogen-bond donors (Lipinski definition) is 2. The summed E-state index contributed by atoms with van der Waals surface area (Å²) in [5.41, 5.74) is 5.94. The second-order valence-corrected chi connectivity index (χ2v) is 6.82. The molecule has 1 aliphatic heterocycles. The Labute approximate surface area is 128 Å². The zero-order valence-electron chi connectivity index (χ0n) is 12.5. The molecule has 1 amide bonds. The van der Waals surface area contributed by atoms with Crippen LogP contribution >= 0.6 is 11.3 Å². The maximum Gasteiger partial charge on any atom is 0.265 e. The summed E-state index contributed by atoms with van der Waals surface area (Å²) in [5.74, 6) is -0.191. The van der Waals surface area contributed by atoms with E-state index in [0.717, 1.165) is 5.00 Å². The smallest absolute Gasteiger partial charge is 0.265 e. The van der Waals surface area contributed by atoms with Crippen molar-refractivity contribution in [1.29, 1.82) is 5.26 Å². The van der Waals surface area contributed by atoms with E-state index in [9.17, 15) is 15.2 Å². The van der Waals surface area contributed by atoms with E-state index in [1.165, 1.54) is 16.2 Å². The molecule has 1 aromatic rings. The summed E-state index contributed by atoms with van der Waals surface area (Å²) < 4.78 is 0. The number of anilines is 2. The first-order valence-electron chi connectivity index (χ1n) is 6.78. The van der Waals surface area contributed by atoms with Gasteiger partial charge in [-0.15, -0.1) is 11.3 Å². The Hall–Kier alpha value is -1.78. The molecule has 1 saturated heterocycles. The van der Waals surface area contributed by atoms with Crippen molar-refractivity contribution in [1.82, 2.24) is 4.90 Å². The van der Waals surface area contributed by atoms with Crippen LogP contribution in [0.4, 0.5) is 10.7 Å². The predicted octanol–water partition coefficient (Wildman–Crippen LogP) is 1.25. The minimum atomic E-state index is -0.658. The lowest BCUT2D eigenvalue weighted by molar-refractivity contribution is 0.0352. The molecule has 0 spiro atoms. The van der Waals surface area contributed by atoms with Gasteiger partial charge in [-0.25, -0.2) is 0 Å². The second-order valence-electron chi connectivity index (χ2n) is 5.82. The highest BCUT2D eigenvalue weighted by Crippen LogP contribution is 2.40. The molecule has 21 heavy (non-hydrogen) atoms. The Balaban J connectivity index is 2.35. The Morgan fingerprint density at radius 1 is 1.48 bits per heavy atom. The van der Waals surface area contributed by atoms with Gasteiger partial charge in [0.05, 0.1) is 11.3 Å². The second kappa shape index (κ2) is 5.54. The minimum absolute atomic E-state index is 0.191. The van der Waals surface area contributed by atoms with Gasteiger partial charge < -0.3 is 20.6 Å². The van der Waals surface area contributed by atoms with Gasteiger partial charge in [0.15, 0.2) is 0 Å². The van der Waals surface area contributed by atoms with Crippen LogP contribution in [0.5, 0.6) is 0 Å². The number of aliphatic hydroxyl groups is 1. The molecule has 0 bridgehead atoms. The Morgan fingerprint density at radius 2 is 2.05 bits per heavy atom. The highest BCUT2D eigenvalue weighted by molar-refractivity contribution is 7.19. The van der Waals surface area contributed by atoms with Crippen LogP contribution in [-0.2, 0) is 0 Å². The minimum Gasteiger partial charge on any atom is -0.396 e. The Bertz CT molecular complexity index is 591. The molecule has 1 aromatic heterocycles. The number of carbonyl (C=O) groups excluding carboxylic acids is 1. The van der Waals surface area contributed by atoms with E-state index >= 15 is 0 Å². The molecule has 1 aliphatic rings. The van der Waals surface area contributed by atoms with Gasteiger partial charge in [0.1, 0.15) is 21.5 Å². The lowest BCUT2D eigenvalue weighted by Gasteiger charge is -2.36. The van der Waals surface area contributed by atoms with Crippen LogP contribution in [0.15, 0.2) is 0 Å². The van der Waals surface area contributed by atoms with Crippen LogP contribution < -0.4 is 10.6 Å². The highest BCUT2D eigenvalue weighted by Gasteiger charge is 2.31. The number of hydrogen-bond acceptors (Lipinski definition) is 6. The number of nitriles is 1. The molecule has 1 fully saturated rings. The van der Waals surface area contributed by atoms with Crippen LogP contribution in [-0.4, -0.2) is 48.7 Å². The number of piperidine rings is 1. The molecule has 3 N–H and O–H groups in total. The highest BCUT2D eigenvalue weighted by atomic mass is 32.1. The van der Waals surface area contributed by atoms with Crippen LogP contribution in [0.3, 0.4) is 0 Å². The Morgan fingerprint density at radius 3 is 2.52 bits per heavy atom. The summed E-state index contributed by atoms with van der Waals surface area (Å²) in [6.45, 7) is 3.12. The summed E-state index contributed by atoms with van der Waals surface area (Å²) in [6, 6.07) is 2.11. The number of thiophene rings is 1. The van der Waals surface area contributed by atoms with Crippen LogP contribution in [0.25, 0.3) is 0 Å². The van der Waals surface area contributed by atoms with Crippen LogP contribution in [0.1, 0.15) is 35.0 Å². The van der Waals surface area contributed by atoms with Crippen molar-refractivity contribution in [2.45, 2.75) is 25.4 Å². The largest absolute Gasteiger partial charge is 0.396 e. The van der Waals surface area contributed by atoms with E-state index in [2.05, 4.69) is 6.07 Å². The van der Waals surface area contributed by atoms with Gasteiger partial charge in [0.2, 0.25) is 0 Å². The van der Waals surface area contributed by atoms with Crippen molar-refractivity contribution in [3.05, 3.63) is 10.4 Å². The van der Waals surface area contributed by atoms with E-state index in [0.29, 0.717) is 36.4 Å². The summed E-state index contributed by atoms with van der Waals surface area (Å²) in [5, 5.41) is 20.1. The summed E-state index contributed by atoms with van der Waals surface area (Å²) in [7, 11) is 3.32. The van der Waals surface area contributed by atoms with Gasteiger partial charge in [0.25, 0.3) is 5.91 Å². The molecule has 0 unspecified atom stereocenters. The van der Waals surface area contributed by atoms with Crippen molar-refractivity contribution in [3.63, 3.8) is 0 Å². The van der Waals surface area contributed by atoms with Crippen molar-refractivity contribution in [2.24, 2.45) is 0 Å². The number of amides is 1. The molecular formula is C14H20N4O2S. The topological polar surface area (TPSA) is 93.6 Å².